The highest BCUT2D eigenvalue weighted by molar-refractivity contribution is 14.1. The minimum absolute atomic E-state index is 0.466. The number of rotatable bonds is 3. The smallest absolute Gasteiger partial charge is 0.326 e. The van der Waals surface area contributed by atoms with E-state index in [9.17, 15) is 9.59 Å². The first kappa shape index (κ1) is 15.2. The summed E-state index contributed by atoms with van der Waals surface area (Å²) >= 11 is 5.49. The van der Waals surface area contributed by atoms with Crippen molar-refractivity contribution >= 4 is 56.2 Å². The summed E-state index contributed by atoms with van der Waals surface area (Å²) < 4.78 is 1.78. The number of nitrogens with one attached hydrogen (secondary N) is 1. The maximum absolute atomic E-state index is 11.8. The second kappa shape index (κ2) is 6.37. The molecule has 2 N–H and O–H groups in total. The van der Waals surface area contributed by atoms with E-state index in [1.807, 2.05) is 12.1 Å². The number of amides is 2. The van der Waals surface area contributed by atoms with E-state index < -0.39 is 18.0 Å². The molecule has 18 heavy (non-hydrogen) atoms. The van der Waals surface area contributed by atoms with Gasteiger partial charge in [-0.3, -0.25) is 0 Å². The number of nitrogens with zero attached hydrogens (tertiary/aromatic N) is 1. The molecule has 0 radical (unpaired) electrons. The number of carboxylic acid groups (broad SMARTS) is 1. The third kappa shape index (κ3) is 3.84. The van der Waals surface area contributed by atoms with E-state index in [-0.39, 0.29) is 0 Å². The van der Waals surface area contributed by atoms with Crippen LogP contribution in [0.1, 0.15) is 6.92 Å². The molecular formula is C11H12BrIN2O3. The standard InChI is InChI=1S/C11H12BrIN2O3/c1-6(10(16)17)15(2)11(18)14-9-4-3-7(13)5-8(9)12/h3-6H,1-2H3,(H,14,18)(H,16,17). The van der Waals surface area contributed by atoms with Crippen molar-refractivity contribution in [2.45, 2.75) is 13.0 Å². The summed E-state index contributed by atoms with van der Waals surface area (Å²) in [6.45, 7) is 1.45. The Kier molecular flexibility index (Phi) is 5.39. The zero-order valence-corrected chi connectivity index (χ0v) is 13.5. The zero-order valence-electron chi connectivity index (χ0n) is 9.78. The van der Waals surface area contributed by atoms with Crippen LogP contribution < -0.4 is 5.32 Å². The Balaban J connectivity index is 2.78. The second-order valence-electron chi connectivity index (χ2n) is 3.68. The molecule has 0 aliphatic rings. The van der Waals surface area contributed by atoms with Gasteiger partial charge in [-0.2, -0.15) is 0 Å². The van der Waals surface area contributed by atoms with E-state index >= 15 is 0 Å². The van der Waals surface area contributed by atoms with E-state index in [0.717, 1.165) is 12.9 Å². The highest BCUT2D eigenvalue weighted by atomic mass is 127. The molecule has 0 aliphatic carbocycles. The van der Waals surface area contributed by atoms with Crippen LogP contribution in [-0.2, 0) is 4.79 Å². The predicted molar refractivity (Wildman–Crippen MR) is 80.7 cm³/mol. The molecule has 1 aromatic rings. The Morgan fingerprint density at radius 3 is 2.61 bits per heavy atom. The van der Waals surface area contributed by atoms with Crippen LogP contribution in [0.25, 0.3) is 0 Å². The van der Waals surface area contributed by atoms with Gasteiger partial charge >= 0.3 is 12.0 Å². The van der Waals surface area contributed by atoms with Gasteiger partial charge in [0, 0.05) is 15.1 Å². The van der Waals surface area contributed by atoms with Crippen molar-refractivity contribution in [1.29, 1.82) is 0 Å². The van der Waals surface area contributed by atoms with Gasteiger partial charge in [0.2, 0.25) is 0 Å². The van der Waals surface area contributed by atoms with Gasteiger partial charge in [-0.1, -0.05) is 0 Å². The monoisotopic (exact) mass is 426 g/mol. The molecule has 0 saturated heterocycles. The maximum Gasteiger partial charge on any atom is 0.326 e. The normalized spacial score (nSPS) is 11.8. The van der Waals surface area contributed by atoms with Crippen molar-refractivity contribution in [2.24, 2.45) is 0 Å². The van der Waals surface area contributed by atoms with Crippen LogP contribution in [0.2, 0.25) is 0 Å². The Labute approximate surface area is 127 Å². The number of aliphatic carboxylic acids is 1. The highest BCUT2D eigenvalue weighted by Gasteiger charge is 2.21. The quantitative estimate of drug-likeness (QED) is 0.730. The summed E-state index contributed by atoms with van der Waals surface area (Å²) in [6.07, 6.45) is 0. The zero-order chi connectivity index (χ0) is 13.9. The average Bonchev–Trinajstić information content (AvgIpc) is 2.30. The van der Waals surface area contributed by atoms with Crippen LogP contribution in [0.3, 0.4) is 0 Å². The van der Waals surface area contributed by atoms with Gasteiger partial charge in [0.1, 0.15) is 6.04 Å². The number of likely N-dealkylation sites (N-methyl/N-ethyl adjacent to an activating group) is 1. The van der Waals surface area contributed by atoms with Crippen molar-refractivity contribution in [3.8, 4) is 0 Å². The van der Waals surface area contributed by atoms with Gasteiger partial charge in [-0.25, -0.2) is 9.59 Å². The van der Waals surface area contributed by atoms with Crippen molar-refractivity contribution in [3.05, 3.63) is 26.2 Å². The molecule has 0 saturated carbocycles. The van der Waals surface area contributed by atoms with E-state index in [2.05, 4.69) is 43.8 Å². The lowest BCUT2D eigenvalue weighted by atomic mass is 10.3. The molecule has 98 valence electrons. The lowest BCUT2D eigenvalue weighted by molar-refractivity contribution is -0.141. The Morgan fingerprint density at radius 2 is 2.11 bits per heavy atom. The lowest BCUT2D eigenvalue weighted by Gasteiger charge is -2.22. The minimum atomic E-state index is -1.05. The molecule has 1 rings (SSSR count). The van der Waals surface area contributed by atoms with Crippen molar-refractivity contribution in [2.75, 3.05) is 12.4 Å². The number of hydrogen-bond acceptors (Lipinski definition) is 2. The summed E-state index contributed by atoms with van der Waals surface area (Å²) in [5.74, 6) is -1.05. The summed E-state index contributed by atoms with van der Waals surface area (Å²) in [5.41, 5.74) is 0.602. The van der Waals surface area contributed by atoms with Crippen LogP contribution in [0, 0.1) is 3.57 Å². The predicted octanol–water partition coefficient (Wildman–Crippen LogP) is 2.99. The fourth-order valence-corrected chi connectivity index (χ4v) is 2.53. The number of benzene rings is 1. The molecule has 7 heteroatoms. The fourth-order valence-electron chi connectivity index (χ4n) is 1.14. The van der Waals surface area contributed by atoms with Crippen LogP contribution in [-0.4, -0.2) is 35.1 Å². The average molecular weight is 427 g/mol. The molecule has 1 atom stereocenters. The summed E-state index contributed by atoms with van der Waals surface area (Å²) in [4.78, 5) is 23.7. The molecule has 2 amide bonds. The van der Waals surface area contributed by atoms with Crippen LogP contribution in [0.5, 0.6) is 0 Å². The molecule has 0 heterocycles. The van der Waals surface area contributed by atoms with Gasteiger partial charge in [-0.05, 0) is 63.6 Å². The largest absolute Gasteiger partial charge is 0.480 e. The molecule has 0 bridgehead atoms. The number of halogens is 2. The number of carbonyl (C=O) groups excluding carboxylic acids is 1. The van der Waals surface area contributed by atoms with Gasteiger partial charge in [-0.15, -0.1) is 0 Å². The molecule has 0 aromatic heterocycles. The van der Waals surface area contributed by atoms with E-state index in [4.69, 9.17) is 5.11 Å². The van der Waals surface area contributed by atoms with E-state index in [1.165, 1.54) is 14.0 Å². The molecule has 5 nitrogen and oxygen atoms in total. The van der Waals surface area contributed by atoms with Crippen LogP contribution >= 0.6 is 38.5 Å². The van der Waals surface area contributed by atoms with E-state index in [0.29, 0.717) is 5.69 Å². The van der Waals surface area contributed by atoms with E-state index in [1.54, 1.807) is 6.07 Å². The first-order chi connectivity index (χ1) is 8.32. The number of urea groups is 1. The third-order valence-corrected chi connectivity index (χ3v) is 3.76. The van der Waals surface area contributed by atoms with Gasteiger partial charge in [0.15, 0.2) is 0 Å². The second-order valence-corrected chi connectivity index (χ2v) is 5.78. The first-order valence-electron chi connectivity index (χ1n) is 5.04. The Morgan fingerprint density at radius 1 is 1.50 bits per heavy atom. The molecule has 1 unspecified atom stereocenters. The van der Waals surface area contributed by atoms with Crippen molar-refractivity contribution in [3.63, 3.8) is 0 Å². The lowest BCUT2D eigenvalue weighted by Crippen LogP contribution is -2.42. The third-order valence-electron chi connectivity index (χ3n) is 2.43. The summed E-state index contributed by atoms with van der Waals surface area (Å²) in [6, 6.07) is 4.11. The van der Waals surface area contributed by atoms with Crippen molar-refractivity contribution < 1.29 is 14.7 Å². The molecular weight excluding hydrogens is 415 g/mol. The molecule has 0 spiro atoms. The summed E-state index contributed by atoms with van der Waals surface area (Å²) in [5, 5.41) is 11.5. The van der Waals surface area contributed by atoms with Gasteiger partial charge in [0.25, 0.3) is 0 Å². The van der Waals surface area contributed by atoms with Crippen LogP contribution in [0.4, 0.5) is 10.5 Å². The molecule has 0 aliphatic heterocycles. The highest BCUT2D eigenvalue weighted by Crippen LogP contribution is 2.24. The van der Waals surface area contributed by atoms with Crippen LogP contribution in [0.15, 0.2) is 22.7 Å². The Bertz CT molecular complexity index is 481. The van der Waals surface area contributed by atoms with Gasteiger partial charge in [0.05, 0.1) is 5.69 Å². The number of anilines is 1. The van der Waals surface area contributed by atoms with Gasteiger partial charge < -0.3 is 15.3 Å². The SMILES string of the molecule is CC(C(=O)O)N(C)C(=O)Nc1ccc(I)cc1Br. The van der Waals surface area contributed by atoms with Crippen molar-refractivity contribution in [1.82, 2.24) is 4.90 Å². The summed E-state index contributed by atoms with van der Waals surface area (Å²) in [7, 11) is 1.44. The Hall–Kier alpha value is -0.830. The number of carboxylic acids is 1. The maximum atomic E-state index is 11.8. The molecule has 0 fully saturated rings. The number of carbonyl (C=O) groups is 2. The minimum Gasteiger partial charge on any atom is -0.480 e. The number of hydrogen-bond donors (Lipinski definition) is 2. The fraction of sp³-hybridized carbons (Fsp3) is 0.273. The topological polar surface area (TPSA) is 69.6 Å². The molecule has 1 aromatic carbocycles. The first-order valence-corrected chi connectivity index (χ1v) is 6.91.